The molecule has 0 unspecified atom stereocenters. The largest absolute Gasteiger partial charge is 0.429 e. The van der Waals surface area contributed by atoms with Gasteiger partial charge in [0.1, 0.15) is 5.76 Å². The summed E-state index contributed by atoms with van der Waals surface area (Å²) in [7, 11) is 0. The Morgan fingerprint density at radius 1 is 1.33 bits per heavy atom. The number of anilines is 1. The minimum absolute atomic E-state index is 0.301. The maximum Gasteiger partial charge on any atom is 0.292 e. The Kier molecular flexibility index (Phi) is 2.02. The molecule has 1 aromatic heterocycles. The Morgan fingerprint density at radius 3 is 2.67 bits per heavy atom. The monoisotopic (exact) mass is 166 g/mol. The van der Waals surface area contributed by atoms with E-state index in [0.29, 0.717) is 11.9 Å². The van der Waals surface area contributed by atoms with Crippen LogP contribution in [0, 0.1) is 0 Å². The highest BCUT2D eigenvalue weighted by Gasteiger charge is 2.18. The lowest BCUT2D eigenvalue weighted by molar-refractivity contribution is 0.379. The quantitative estimate of drug-likeness (QED) is 0.696. The van der Waals surface area contributed by atoms with E-state index < -0.39 is 0 Å². The molecule has 0 spiro atoms. The Hall–Kier alpha value is -0.990. The third-order valence-corrected chi connectivity index (χ3v) is 2.55. The molecule has 1 aliphatic carbocycles. The maximum absolute atomic E-state index is 5.41. The predicted molar refractivity (Wildman–Crippen MR) is 46.7 cm³/mol. The maximum atomic E-state index is 5.41. The molecule has 0 atom stereocenters. The third-order valence-electron chi connectivity index (χ3n) is 2.55. The van der Waals surface area contributed by atoms with Crippen LogP contribution >= 0.6 is 0 Å². The fourth-order valence-electron chi connectivity index (χ4n) is 1.88. The van der Waals surface area contributed by atoms with Crippen LogP contribution in [-0.2, 0) is 0 Å². The normalized spacial score (nSPS) is 19.7. The number of oxazole rings is 1. The number of rotatable bonds is 1. The number of nitrogens with zero attached hydrogens (tertiary/aromatic N) is 1. The molecule has 2 N–H and O–H groups in total. The van der Waals surface area contributed by atoms with Gasteiger partial charge in [0.2, 0.25) is 0 Å². The summed E-state index contributed by atoms with van der Waals surface area (Å²) in [6, 6.07) is 0.301. The van der Waals surface area contributed by atoms with Crippen LogP contribution in [0.15, 0.2) is 10.6 Å². The van der Waals surface area contributed by atoms with Gasteiger partial charge >= 0.3 is 0 Å². The molecule has 2 rings (SSSR count). The molecule has 3 nitrogen and oxygen atoms in total. The van der Waals surface area contributed by atoms with Crippen molar-refractivity contribution >= 4 is 6.01 Å². The zero-order valence-corrected chi connectivity index (χ0v) is 7.12. The summed E-state index contributed by atoms with van der Waals surface area (Å²) in [5.74, 6) is 1.55. The van der Waals surface area contributed by atoms with Gasteiger partial charge in [-0.2, -0.15) is 0 Å². The first kappa shape index (κ1) is 7.65. The van der Waals surface area contributed by atoms with E-state index in [1.165, 1.54) is 32.1 Å². The highest BCUT2D eigenvalue weighted by molar-refractivity contribution is 5.14. The molecule has 0 aliphatic heterocycles. The van der Waals surface area contributed by atoms with Gasteiger partial charge in [-0.15, -0.1) is 0 Å². The predicted octanol–water partition coefficient (Wildman–Crippen LogP) is 2.30. The number of nitrogen functional groups attached to an aromatic ring is 1. The fourth-order valence-corrected chi connectivity index (χ4v) is 1.88. The van der Waals surface area contributed by atoms with Gasteiger partial charge in [0.25, 0.3) is 6.01 Å². The minimum atomic E-state index is 0.301. The molecular formula is C9H14N2O. The van der Waals surface area contributed by atoms with E-state index in [2.05, 4.69) is 4.98 Å². The van der Waals surface area contributed by atoms with Crippen molar-refractivity contribution in [1.82, 2.24) is 4.98 Å². The third kappa shape index (κ3) is 1.44. The van der Waals surface area contributed by atoms with E-state index in [0.717, 1.165) is 5.76 Å². The van der Waals surface area contributed by atoms with Gasteiger partial charge in [0.05, 0.1) is 6.20 Å². The Labute approximate surface area is 72.0 Å². The second-order valence-corrected chi connectivity index (χ2v) is 3.44. The van der Waals surface area contributed by atoms with E-state index in [1.807, 2.05) is 0 Å². The number of aromatic nitrogens is 1. The second kappa shape index (κ2) is 3.17. The van der Waals surface area contributed by atoms with Crippen molar-refractivity contribution in [2.24, 2.45) is 0 Å². The van der Waals surface area contributed by atoms with Gasteiger partial charge in [-0.05, 0) is 12.8 Å². The van der Waals surface area contributed by atoms with E-state index >= 15 is 0 Å². The summed E-state index contributed by atoms with van der Waals surface area (Å²) in [6.07, 6.45) is 8.21. The van der Waals surface area contributed by atoms with Crippen LogP contribution in [0.4, 0.5) is 6.01 Å². The van der Waals surface area contributed by atoms with E-state index in [1.54, 1.807) is 6.20 Å². The van der Waals surface area contributed by atoms with Gasteiger partial charge in [0, 0.05) is 5.92 Å². The molecule has 0 amide bonds. The lowest BCUT2D eigenvalue weighted by Gasteiger charge is -2.18. The molecule has 1 saturated carbocycles. The molecule has 1 aromatic rings. The SMILES string of the molecule is Nc1ncc(C2CCCCC2)o1. The zero-order valence-electron chi connectivity index (χ0n) is 7.12. The second-order valence-electron chi connectivity index (χ2n) is 3.44. The summed E-state index contributed by atoms with van der Waals surface area (Å²) >= 11 is 0. The standard InChI is InChI=1S/C9H14N2O/c10-9-11-6-8(12-9)7-4-2-1-3-5-7/h6-7H,1-5H2,(H2,10,11). The van der Waals surface area contributed by atoms with Gasteiger partial charge in [0.15, 0.2) is 0 Å². The van der Waals surface area contributed by atoms with Crippen molar-refractivity contribution in [3.05, 3.63) is 12.0 Å². The molecule has 0 bridgehead atoms. The van der Waals surface area contributed by atoms with Crippen LogP contribution in [0.5, 0.6) is 0 Å². The summed E-state index contributed by atoms with van der Waals surface area (Å²) in [4.78, 5) is 3.90. The van der Waals surface area contributed by atoms with Crippen molar-refractivity contribution in [2.45, 2.75) is 38.0 Å². The highest BCUT2D eigenvalue weighted by atomic mass is 16.4. The zero-order chi connectivity index (χ0) is 8.39. The summed E-state index contributed by atoms with van der Waals surface area (Å²) < 4.78 is 5.29. The Balaban J connectivity index is 2.08. The van der Waals surface area contributed by atoms with Gasteiger partial charge in [-0.3, -0.25) is 0 Å². The van der Waals surface area contributed by atoms with Crippen LogP contribution in [0.3, 0.4) is 0 Å². The van der Waals surface area contributed by atoms with Gasteiger partial charge in [-0.25, -0.2) is 4.98 Å². The molecule has 0 radical (unpaired) electrons. The van der Waals surface area contributed by atoms with Crippen LogP contribution in [0.25, 0.3) is 0 Å². The lowest BCUT2D eigenvalue weighted by Crippen LogP contribution is -2.02. The van der Waals surface area contributed by atoms with E-state index in [-0.39, 0.29) is 0 Å². The van der Waals surface area contributed by atoms with Crippen LogP contribution in [0.1, 0.15) is 43.8 Å². The highest BCUT2D eigenvalue weighted by Crippen LogP contribution is 2.32. The lowest BCUT2D eigenvalue weighted by atomic mass is 9.88. The average molecular weight is 166 g/mol. The molecule has 1 fully saturated rings. The Bertz CT molecular complexity index is 251. The van der Waals surface area contributed by atoms with E-state index in [9.17, 15) is 0 Å². The minimum Gasteiger partial charge on any atom is -0.429 e. The van der Waals surface area contributed by atoms with Crippen molar-refractivity contribution in [1.29, 1.82) is 0 Å². The molecule has 0 aromatic carbocycles. The summed E-state index contributed by atoms with van der Waals surface area (Å²) in [5.41, 5.74) is 5.41. The first-order valence-electron chi connectivity index (χ1n) is 4.57. The molecule has 0 saturated heterocycles. The smallest absolute Gasteiger partial charge is 0.292 e. The first-order valence-corrected chi connectivity index (χ1v) is 4.57. The van der Waals surface area contributed by atoms with E-state index in [4.69, 9.17) is 10.2 Å². The molecule has 66 valence electrons. The molecule has 3 heteroatoms. The molecular weight excluding hydrogens is 152 g/mol. The van der Waals surface area contributed by atoms with Crippen molar-refractivity contribution in [3.8, 4) is 0 Å². The Morgan fingerprint density at radius 2 is 2.08 bits per heavy atom. The molecule has 12 heavy (non-hydrogen) atoms. The average Bonchev–Trinajstić information content (AvgIpc) is 2.54. The summed E-state index contributed by atoms with van der Waals surface area (Å²) in [6.45, 7) is 0. The van der Waals surface area contributed by atoms with Crippen LogP contribution in [0.2, 0.25) is 0 Å². The van der Waals surface area contributed by atoms with Crippen molar-refractivity contribution in [3.63, 3.8) is 0 Å². The van der Waals surface area contributed by atoms with Crippen LogP contribution in [-0.4, -0.2) is 4.98 Å². The number of nitrogens with two attached hydrogens (primary N) is 1. The topological polar surface area (TPSA) is 52.0 Å². The van der Waals surface area contributed by atoms with Crippen molar-refractivity contribution < 1.29 is 4.42 Å². The van der Waals surface area contributed by atoms with Gasteiger partial charge < -0.3 is 10.2 Å². The molecule has 1 heterocycles. The summed E-state index contributed by atoms with van der Waals surface area (Å²) in [5, 5.41) is 0. The first-order chi connectivity index (χ1) is 5.86. The van der Waals surface area contributed by atoms with Gasteiger partial charge in [-0.1, -0.05) is 19.3 Å². The number of hydrogen-bond donors (Lipinski definition) is 1. The van der Waals surface area contributed by atoms with Crippen LogP contribution < -0.4 is 5.73 Å². The molecule has 1 aliphatic rings. The number of hydrogen-bond acceptors (Lipinski definition) is 3. The fraction of sp³-hybridized carbons (Fsp3) is 0.667. The van der Waals surface area contributed by atoms with Crippen molar-refractivity contribution in [2.75, 3.05) is 5.73 Å².